The van der Waals surface area contributed by atoms with E-state index in [-0.39, 0.29) is 30.1 Å². The molecule has 2 saturated heterocycles. The molecular formula is C27H39N3O4. The van der Waals surface area contributed by atoms with Crippen molar-refractivity contribution < 1.29 is 19.4 Å². The summed E-state index contributed by atoms with van der Waals surface area (Å²) in [4.78, 5) is 20.3. The van der Waals surface area contributed by atoms with Gasteiger partial charge in [0, 0.05) is 30.7 Å². The number of ether oxygens (including phenoxy) is 2. The Morgan fingerprint density at radius 2 is 2.03 bits per heavy atom. The third-order valence-electron chi connectivity index (χ3n) is 9.98. The minimum Gasteiger partial charge on any atom is -0.493 e. The quantitative estimate of drug-likeness (QED) is 0.713. The molecule has 1 spiro atoms. The third kappa shape index (κ3) is 2.66. The highest BCUT2D eigenvalue weighted by atomic mass is 16.5. The first-order chi connectivity index (χ1) is 16.4. The Balaban J connectivity index is 1.45. The third-order valence-corrected chi connectivity index (χ3v) is 9.98. The molecule has 3 aliphatic heterocycles. The lowest BCUT2D eigenvalue weighted by Gasteiger charge is -2.64. The van der Waals surface area contributed by atoms with Gasteiger partial charge < -0.3 is 24.4 Å². The Bertz CT molecular complexity index is 996. The number of amides is 1. The maximum absolute atomic E-state index is 13.5. The SMILES string of the molecule is CCN(CC)C(=O)C1CCCN1[C@@H]1CC[C@@]2(O)[C@H]3Cc4ccc(OC)c5c4[C@@]2(CCN3C)[C@H]1O5. The zero-order chi connectivity index (χ0) is 23.8. The highest BCUT2D eigenvalue weighted by molar-refractivity contribution is 5.82. The van der Waals surface area contributed by atoms with E-state index in [1.807, 2.05) is 11.0 Å². The maximum atomic E-state index is 13.5. The highest BCUT2D eigenvalue weighted by Gasteiger charge is 2.73. The van der Waals surface area contributed by atoms with Gasteiger partial charge in [-0.15, -0.1) is 0 Å². The maximum Gasteiger partial charge on any atom is 0.239 e. The molecule has 1 aromatic carbocycles. The van der Waals surface area contributed by atoms with Crippen molar-refractivity contribution >= 4 is 5.91 Å². The minimum atomic E-state index is -0.829. The fraction of sp³-hybridized carbons (Fsp3) is 0.741. The summed E-state index contributed by atoms with van der Waals surface area (Å²) in [6.07, 6.45) is 5.07. The van der Waals surface area contributed by atoms with Gasteiger partial charge in [0.25, 0.3) is 0 Å². The molecule has 0 radical (unpaired) electrons. The summed E-state index contributed by atoms with van der Waals surface area (Å²) >= 11 is 0. The van der Waals surface area contributed by atoms with Crippen LogP contribution in [-0.2, 0) is 16.6 Å². The highest BCUT2D eigenvalue weighted by Crippen LogP contribution is 2.66. The second kappa shape index (κ2) is 7.84. The van der Waals surface area contributed by atoms with Gasteiger partial charge in [-0.05, 0) is 84.1 Å². The van der Waals surface area contributed by atoms with E-state index in [0.29, 0.717) is 0 Å². The molecule has 1 N–H and O–H groups in total. The van der Waals surface area contributed by atoms with Gasteiger partial charge >= 0.3 is 0 Å². The molecule has 1 aromatic rings. The number of piperidine rings is 1. The summed E-state index contributed by atoms with van der Waals surface area (Å²) < 4.78 is 12.7. The van der Waals surface area contributed by atoms with E-state index in [9.17, 15) is 9.90 Å². The van der Waals surface area contributed by atoms with E-state index in [0.717, 1.165) is 76.2 Å². The van der Waals surface area contributed by atoms with Crippen LogP contribution in [0.1, 0.15) is 57.1 Å². The molecular weight excluding hydrogens is 430 g/mol. The number of nitrogens with zero attached hydrogens (tertiary/aromatic N) is 3. The number of aliphatic hydroxyl groups is 1. The van der Waals surface area contributed by atoms with Gasteiger partial charge in [-0.25, -0.2) is 0 Å². The number of benzene rings is 1. The topological polar surface area (TPSA) is 65.5 Å². The second-order valence-electron chi connectivity index (χ2n) is 11.0. The number of carbonyl (C=O) groups excluding carboxylic acids is 1. The summed E-state index contributed by atoms with van der Waals surface area (Å²) in [5, 5.41) is 12.5. The monoisotopic (exact) mass is 469 g/mol. The molecule has 1 unspecified atom stereocenters. The van der Waals surface area contributed by atoms with Crippen molar-refractivity contribution in [3.8, 4) is 11.5 Å². The van der Waals surface area contributed by atoms with Gasteiger partial charge in [0.05, 0.1) is 24.2 Å². The molecule has 5 aliphatic rings. The summed E-state index contributed by atoms with van der Waals surface area (Å²) in [5.74, 6) is 1.85. The number of hydrogen-bond acceptors (Lipinski definition) is 6. The van der Waals surface area contributed by atoms with Crippen molar-refractivity contribution in [3.63, 3.8) is 0 Å². The lowest BCUT2D eigenvalue weighted by molar-refractivity contribution is -0.197. The van der Waals surface area contributed by atoms with Crippen LogP contribution in [0.25, 0.3) is 0 Å². The van der Waals surface area contributed by atoms with Crippen LogP contribution < -0.4 is 9.47 Å². The lowest BCUT2D eigenvalue weighted by atomic mass is 9.48. The average molecular weight is 470 g/mol. The van der Waals surface area contributed by atoms with E-state index in [1.165, 1.54) is 11.1 Å². The summed E-state index contributed by atoms with van der Waals surface area (Å²) in [5.41, 5.74) is 1.20. The van der Waals surface area contributed by atoms with Gasteiger partial charge in [0.15, 0.2) is 11.5 Å². The Morgan fingerprint density at radius 1 is 1.24 bits per heavy atom. The molecule has 3 heterocycles. The van der Waals surface area contributed by atoms with Crippen LogP contribution >= 0.6 is 0 Å². The molecule has 6 rings (SSSR count). The molecule has 0 aromatic heterocycles. The van der Waals surface area contributed by atoms with Gasteiger partial charge in [-0.1, -0.05) is 6.07 Å². The average Bonchev–Trinajstić information content (AvgIpc) is 3.45. The number of rotatable bonds is 5. The first-order valence-corrected chi connectivity index (χ1v) is 13.2. The lowest BCUT2D eigenvalue weighted by Crippen LogP contribution is -2.78. The fourth-order valence-electron chi connectivity index (χ4n) is 8.41. The standard InChI is InChI=1S/C27H39N3O4/c1-5-29(6-2)25(31)19-8-7-14-30(19)18-11-12-27(32)21-16-17-9-10-20(33-4)23-22(17)26(27,24(18)34-23)13-15-28(21)3/h9-10,18-19,21,24,32H,5-8,11-16H2,1-4H3/t18-,19?,21-,24+,26+,27-/m1/s1. The number of likely N-dealkylation sites (tertiary alicyclic amines) is 2. The largest absolute Gasteiger partial charge is 0.493 e. The zero-order valence-electron chi connectivity index (χ0n) is 21.0. The van der Waals surface area contributed by atoms with Crippen LogP contribution in [-0.4, -0.2) is 95.9 Å². The molecule has 7 heteroatoms. The second-order valence-corrected chi connectivity index (χ2v) is 11.0. The normalized spacial score (nSPS) is 38.4. The molecule has 1 amide bonds. The first-order valence-electron chi connectivity index (χ1n) is 13.2. The Kier molecular flexibility index (Phi) is 5.21. The molecule has 34 heavy (non-hydrogen) atoms. The first kappa shape index (κ1) is 22.6. The van der Waals surface area contributed by atoms with Crippen LogP contribution in [0.15, 0.2) is 12.1 Å². The zero-order valence-corrected chi connectivity index (χ0v) is 21.0. The van der Waals surface area contributed by atoms with Crippen molar-refractivity contribution in [1.29, 1.82) is 0 Å². The molecule has 2 bridgehead atoms. The van der Waals surface area contributed by atoms with Crippen LogP contribution in [0.5, 0.6) is 11.5 Å². The molecule has 3 fully saturated rings. The molecule has 6 atom stereocenters. The smallest absolute Gasteiger partial charge is 0.239 e. The van der Waals surface area contributed by atoms with Crippen molar-refractivity contribution in [2.45, 2.75) is 87.6 Å². The van der Waals surface area contributed by atoms with E-state index in [1.54, 1.807) is 7.11 Å². The Morgan fingerprint density at radius 3 is 2.76 bits per heavy atom. The minimum absolute atomic E-state index is 0.0897. The van der Waals surface area contributed by atoms with Gasteiger partial charge in [0.1, 0.15) is 6.10 Å². The van der Waals surface area contributed by atoms with Crippen LogP contribution in [0.4, 0.5) is 0 Å². The predicted octanol–water partition coefficient (Wildman–Crippen LogP) is 2.18. The van der Waals surface area contributed by atoms with Gasteiger partial charge in [-0.2, -0.15) is 0 Å². The Labute approximate surface area is 203 Å². The predicted molar refractivity (Wildman–Crippen MR) is 129 cm³/mol. The van der Waals surface area contributed by atoms with Crippen molar-refractivity contribution in [2.75, 3.05) is 40.3 Å². The Hall–Kier alpha value is -1.83. The molecule has 1 saturated carbocycles. The summed E-state index contributed by atoms with van der Waals surface area (Å²) in [6, 6.07) is 4.32. The number of methoxy groups -OCH3 is 1. The van der Waals surface area contributed by atoms with Crippen molar-refractivity contribution in [3.05, 3.63) is 23.3 Å². The van der Waals surface area contributed by atoms with E-state index in [4.69, 9.17) is 9.47 Å². The van der Waals surface area contributed by atoms with E-state index >= 15 is 0 Å². The number of carbonyl (C=O) groups is 1. The summed E-state index contributed by atoms with van der Waals surface area (Å²) in [7, 11) is 3.85. The van der Waals surface area contributed by atoms with E-state index < -0.39 is 11.0 Å². The molecule has 2 aliphatic carbocycles. The number of likely N-dealkylation sites (N-methyl/N-ethyl adjacent to an activating group) is 2. The van der Waals surface area contributed by atoms with Crippen LogP contribution in [0, 0.1) is 0 Å². The van der Waals surface area contributed by atoms with Crippen molar-refractivity contribution in [1.82, 2.24) is 14.7 Å². The molecule has 7 nitrogen and oxygen atoms in total. The fourth-order valence-corrected chi connectivity index (χ4v) is 8.41. The van der Waals surface area contributed by atoms with Crippen LogP contribution in [0.3, 0.4) is 0 Å². The van der Waals surface area contributed by atoms with E-state index in [2.05, 4.69) is 36.8 Å². The van der Waals surface area contributed by atoms with Gasteiger partial charge in [0.2, 0.25) is 5.91 Å². The number of hydrogen-bond donors (Lipinski definition) is 1. The molecule has 186 valence electrons. The van der Waals surface area contributed by atoms with Crippen LogP contribution in [0.2, 0.25) is 0 Å². The van der Waals surface area contributed by atoms with Crippen molar-refractivity contribution in [2.24, 2.45) is 0 Å². The van der Waals surface area contributed by atoms with Gasteiger partial charge in [-0.3, -0.25) is 9.69 Å². The summed E-state index contributed by atoms with van der Waals surface area (Å²) in [6.45, 7) is 7.47.